The van der Waals surface area contributed by atoms with Crippen LogP contribution in [0.1, 0.15) is 4.11 Å². The summed E-state index contributed by atoms with van der Waals surface area (Å²) in [7, 11) is -2.54. The zero-order chi connectivity index (χ0) is 10.1. The minimum absolute atomic E-state index is 0.0896. The van der Waals surface area contributed by atoms with Crippen molar-refractivity contribution in [2.75, 3.05) is 7.04 Å². The van der Waals surface area contributed by atoms with E-state index < -0.39 is 7.04 Å². The van der Waals surface area contributed by atoms with Gasteiger partial charge in [0.2, 0.25) is 5.88 Å². The molecule has 0 amide bonds. The van der Waals surface area contributed by atoms with Gasteiger partial charge in [-0.15, -0.1) is 0 Å². The molecule has 0 saturated heterocycles. The van der Waals surface area contributed by atoms with Gasteiger partial charge in [-0.1, -0.05) is 23.2 Å². The Hall–Kier alpha value is -0.470. The molecular weight excluding hydrogens is 173 g/mol. The van der Waals surface area contributed by atoms with Crippen molar-refractivity contribution in [2.24, 2.45) is 0 Å². The monoisotopic (exact) mass is 180 g/mol. The highest BCUT2D eigenvalue weighted by Gasteiger charge is 1.97. The molecule has 4 heteroatoms. The minimum atomic E-state index is -2.54. The first-order valence-electron chi connectivity index (χ1n) is 3.89. The lowest BCUT2D eigenvalue weighted by atomic mass is 10.5. The van der Waals surface area contributed by atoms with Crippen molar-refractivity contribution in [3.63, 3.8) is 0 Å². The lowest BCUT2D eigenvalue weighted by Gasteiger charge is -1.98. The number of ether oxygens (including phenoxy) is 1. The largest absolute Gasteiger partial charge is 0.481 e. The van der Waals surface area contributed by atoms with Gasteiger partial charge in [0.25, 0.3) is 0 Å². The van der Waals surface area contributed by atoms with E-state index in [1.54, 1.807) is 0 Å². The topological polar surface area (TPSA) is 22.1 Å². The van der Waals surface area contributed by atoms with Crippen LogP contribution in [0.15, 0.2) is 12.1 Å². The molecule has 0 unspecified atom stereocenters. The summed E-state index contributed by atoms with van der Waals surface area (Å²) in [4.78, 5) is 3.62. The zero-order valence-corrected chi connectivity index (χ0v) is 6.28. The Morgan fingerprint density at radius 3 is 3.00 bits per heavy atom. The summed E-state index contributed by atoms with van der Waals surface area (Å²) >= 11 is 11.1. The third-order valence-electron chi connectivity index (χ3n) is 0.840. The summed E-state index contributed by atoms with van der Waals surface area (Å²) in [5, 5.41) is 0.367. The summed E-state index contributed by atoms with van der Waals surface area (Å²) in [6.07, 6.45) is 0. The Kier molecular flexibility index (Phi) is 1.36. The van der Waals surface area contributed by atoms with Gasteiger partial charge in [0.15, 0.2) is 0 Å². The van der Waals surface area contributed by atoms with E-state index in [0.29, 0.717) is 0 Å². The van der Waals surface area contributed by atoms with Gasteiger partial charge in [0.05, 0.1) is 11.2 Å². The highest BCUT2D eigenvalue weighted by Crippen LogP contribution is 2.19. The molecule has 1 aromatic rings. The molecule has 1 heterocycles. The summed E-state index contributed by atoms with van der Waals surface area (Å²) < 4.78 is 24.9. The number of pyridine rings is 1. The van der Waals surface area contributed by atoms with Gasteiger partial charge >= 0.3 is 0 Å². The van der Waals surface area contributed by atoms with E-state index in [2.05, 4.69) is 9.72 Å². The molecule has 1 aromatic heterocycles. The number of methoxy groups -OCH3 is 1. The highest BCUT2D eigenvalue weighted by atomic mass is 35.5. The van der Waals surface area contributed by atoms with Gasteiger partial charge < -0.3 is 4.74 Å². The second kappa shape index (κ2) is 3.08. The molecule has 0 aliphatic carbocycles. The molecule has 0 saturated carbocycles. The Morgan fingerprint density at radius 1 is 1.60 bits per heavy atom. The van der Waals surface area contributed by atoms with Crippen molar-refractivity contribution in [2.45, 2.75) is 0 Å². The van der Waals surface area contributed by atoms with Crippen molar-refractivity contribution >= 4 is 23.2 Å². The number of hydrogen-bond donors (Lipinski definition) is 0. The standard InChI is InChI=1S/C6H5Cl2NO/c1-10-6-3-4(7)2-5(8)9-6/h2-3H,1H3/i1D3. The van der Waals surface area contributed by atoms with Crippen LogP contribution < -0.4 is 4.74 Å². The fourth-order valence-electron chi connectivity index (χ4n) is 0.496. The smallest absolute Gasteiger partial charge is 0.215 e. The second-order valence-corrected chi connectivity index (χ2v) is 2.37. The van der Waals surface area contributed by atoms with E-state index in [4.69, 9.17) is 27.3 Å². The molecule has 0 bridgehead atoms. The maximum absolute atomic E-state index is 6.80. The Balaban J connectivity index is 2.90. The van der Waals surface area contributed by atoms with Gasteiger partial charge in [-0.05, 0) is 6.07 Å². The molecular formula is C6H5Cl2NO. The van der Waals surface area contributed by atoms with Gasteiger partial charge in [0.1, 0.15) is 5.15 Å². The lowest BCUT2D eigenvalue weighted by Crippen LogP contribution is -1.86. The van der Waals surface area contributed by atoms with E-state index >= 15 is 0 Å². The average molecular weight is 181 g/mol. The van der Waals surface area contributed by atoms with Crippen LogP contribution in [0.3, 0.4) is 0 Å². The van der Waals surface area contributed by atoms with Crippen LogP contribution in [0.2, 0.25) is 10.2 Å². The maximum Gasteiger partial charge on any atom is 0.215 e. The van der Waals surface area contributed by atoms with E-state index in [1.807, 2.05) is 0 Å². The fourth-order valence-corrected chi connectivity index (χ4v) is 0.949. The van der Waals surface area contributed by atoms with Gasteiger partial charge in [-0.3, -0.25) is 0 Å². The van der Waals surface area contributed by atoms with Gasteiger partial charge in [-0.25, -0.2) is 4.98 Å². The summed E-state index contributed by atoms with van der Waals surface area (Å²) in [6, 6.07) is 2.66. The highest BCUT2D eigenvalue weighted by molar-refractivity contribution is 6.34. The van der Waals surface area contributed by atoms with E-state index in [1.165, 1.54) is 12.1 Å². The van der Waals surface area contributed by atoms with Crippen LogP contribution >= 0.6 is 23.2 Å². The molecule has 0 aromatic carbocycles. The van der Waals surface area contributed by atoms with Crippen molar-refractivity contribution < 1.29 is 8.85 Å². The number of rotatable bonds is 1. The number of halogens is 2. The molecule has 0 radical (unpaired) electrons. The first-order valence-corrected chi connectivity index (χ1v) is 3.14. The van der Waals surface area contributed by atoms with E-state index in [9.17, 15) is 0 Å². The Bertz CT molecular complexity index is 295. The van der Waals surface area contributed by atoms with Crippen LogP contribution in [0.25, 0.3) is 0 Å². The van der Waals surface area contributed by atoms with Crippen LogP contribution in [-0.4, -0.2) is 12.0 Å². The molecule has 0 spiro atoms. The molecule has 0 aliphatic rings. The normalized spacial score (nSPS) is 15.2. The Morgan fingerprint density at radius 2 is 2.40 bits per heavy atom. The first kappa shape index (κ1) is 4.42. The van der Waals surface area contributed by atoms with Crippen LogP contribution in [0.5, 0.6) is 5.88 Å². The average Bonchev–Trinajstić information content (AvgIpc) is 1.78. The number of hydrogen-bond acceptors (Lipinski definition) is 2. The second-order valence-electron chi connectivity index (χ2n) is 1.55. The van der Waals surface area contributed by atoms with Crippen LogP contribution in [0, 0.1) is 0 Å². The van der Waals surface area contributed by atoms with Crippen molar-refractivity contribution in [1.82, 2.24) is 4.98 Å². The predicted molar refractivity (Wildman–Crippen MR) is 40.8 cm³/mol. The molecule has 2 nitrogen and oxygen atoms in total. The predicted octanol–water partition coefficient (Wildman–Crippen LogP) is 2.40. The van der Waals surface area contributed by atoms with E-state index in [0.717, 1.165) is 0 Å². The molecule has 0 aliphatic heterocycles. The molecule has 10 heavy (non-hydrogen) atoms. The first-order chi connectivity index (χ1) is 5.87. The SMILES string of the molecule is [2H]C([2H])([2H])Oc1cc(Cl)cc(Cl)n1. The van der Waals surface area contributed by atoms with Crippen LogP contribution in [-0.2, 0) is 0 Å². The minimum Gasteiger partial charge on any atom is -0.481 e. The molecule has 1 rings (SSSR count). The van der Waals surface area contributed by atoms with Crippen molar-refractivity contribution in [1.29, 1.82) is 0 Å². The van der Waals surface area contributed by atoms with E-state index in [-0.39, 0.29) is 16.1 Å². The molecule has 0 fully saturated rings. The quantitative estimate of drug-likeness (QED) is 0.620. The van der Waals surface area contributed by atoms with Crippen LogP contribution in [0.4, 0.5) is 0 Å². The fraction of sp³-hybridized carbons (Fsp3) is 0.167. The molecule has 0 N–H and O–H groups in total. The zero-order valence-electron chi connectivity index (χ0n) is 7.77. The summed E-state index contributed by atoms with van der Waals surface area (Å²) in [5.41, 5.74) is 0. The third kappa shape index (κ3) is 1.75. The summed E-state index contributed by atoms with van der Waals surface area (Å²) in [5.74, 6) is -0.113. The van der Waals surface area contributed by atoms with Crippen molar-refractivity contribution in [3.8, 4) is 5.88 Å². The van der Waals surface area contributed by atoms with Crippen molar-refractivity contribution in [3.05, 3.63) is 22.3 Å². The maximum atomic E-state index is 6.80. The summed E-state index contributed by atoms with van der Waals surface area (Å²) in [6.45, 7) is 0. The molecule has 54 valence electrons. The third-order valence-corrected chi connectivity index (χ3v) is 1.25. The number of aromatic nitrogens is 1. The van der Waals surface area contributed by atoms with Gasteiger partial charge in [0, 0.05) is 11.1 Å². The Labute approximate surface area is 73.0 Å². The molecule has 0 atom stereocenters. The lowest BCUT2D eigenvalue weighted by molar-refractivity contribution is 0.398. The number of nitrogens with zero attached hydrogens (tertiary/aromatic N) is 1. The van der Waals surface area contributed by atoms with Gasteiger partial charge in [-0.2, -0.15) is 0 Å².